The SMILES string of the molecule is COC(=O)[C@@]1(C#N)[C@@H]2C=Cc3ccccc3N2[C@@H](C(=O)c2cccc([N+](=O)[O-])c2)[C@@H]1c1ccccc1. The van der Waals surface area contributed by atoms with Gasteiger partial charge in [0.05, 0.1) is 24.1 Å². The van der Waals surface area contributed by atoms with Crippen molar-refractivity contribution in [2.75, 3.05) is 12.0 Å². The second-order valence-corrected chi connectivity index (χ2v) is 8.75. The fourth-order valence-electron chi connectivity index (χ4n) is 5.51. The van der Waals surface area contributed by atoms with Crippen LogP contribution in [0.15, 0.2) is 84.9 Å². The molecule has 0 saturated carbocycles. The molecule has 36 heavy (non-hydrogen) atoms. The number of ether oxygens (including phenoxy) is 1. The van der Waals surface area contributed by atoms with Gasteiger partial charge in [-0.1, -0.05) is 72.8 Å². The van der Waals surface area contributed by atoms with Crippen LogP contribution in [0.1, 0.15) is 27.4 Å². The molecule has 3 aromatic carbocycles. The summed E-state index contributed by atoms with van der Waals surface area (Å²) in [5, 5.41) is 22.0. The first kappa shape index (κ1) is 23.0. The van der Waals surface area contributed by atoms with Gasteiger partial charge in [0.2, 0.25) is 0 Å². The van der Waals surface area contributed by atoms with Crippen LogP contribution in [0.5, 0.6) is 0 Å². The van der Waals surface area contributed by atoms with Crippen molar-refractivity contribution in [1.29, 1.82) is 5.26 Å². The number of nitrogens with zero attached hydrogens (tertiary/aromatic N) is 3. The van der Waals surface area contributed by atoms with Gasteiger partial charge in [-0.3, -0.25) is 19.7 Å². The number of non-ortho nitro benzene ring substituents is 1. The van der Waals surface area contributed by atoms with Gasteiger partial charge in [-0.25, -0.2) is 0 Å². The number of nitro groups is 1. The number of fused-ring (bicyclic) bond motifs is 3. The standard InChI is InChI=1S/C28H21N3O5/c1-36-27(33)28(17-29)23-15-14-18-8-5-6-13-22(18)30(23)25(24(28)19-9-3-2-4-10-19)26(32)20-11-7-12-21(16-20)31(34)35/h2-16,23-25H,1H3/t23-,24-,25+,28-/m0/s1. The number of para-hydroxylation sites is 1. The molecular formula is C28H21N3O5. The van der Waals surface area contributed by atoms with Gasteiger partial charge in [-0.2, -0.15) is 5.26 Å². The van der Waals surface area contributed by atoms with Gasteiger partial charge in [-0.15, -0.1) is 0 Å². The normalized spacial score (nSPS) is 23.8. The topological polar surface area (TPSA) is 114 Å². The number of nitriles is 1. The number of rotatable bonds is 5. The van der Waals surface area contributed by atoms with Crippen molar-refractivity contribution in [3.05, 3.63) is 112 Å². The number of ketones is 1. The zero-order valence-electron chi connectivity index (χ0n) is 19.3. The van der Waals surface area contributed by atoms with Crippen molar-refractivity contribution in [2.45, 2.75) is 18.0 Å². The van der Waals surface area contributed by atoms with E-state index in [-0.39, 0.29) is 11.3 Å². The maximum absolute atomic E-state index is 14.2. The Hall–Kier alpha value is -4.77. The maximum atomic E-state index is 14.2. The molecule has 3 aromatic rings. The molecule has 0 amide bonds. The molecule has 1 saturated heterocycles. The third-order valence-corrected chi connectivity index (χ3v) is 7.02. The number of carbonyl (C=O) groups excluding carboxylic acids is 2. The molecule has 2 aliphatic heterocycles. The summed E-state index contributed by atoms with van der Waals surface area (Å²) in [6, 6.07) is 22.3. The molecule has 0 unspecified atom stereocenters. The zero-order valence-corrected chi connectivity index (χ0v) is 19.3. The maximum Gasteiger partial charge on any atom is 0.329 e. The molecule has 0 aliphatic carbocycles. The summed E-state index contributed by atoms with van der Waals surface area (Å²) in [5.74, 6) is -2.08. The lowest BCUT2D eigenvalue weighted by Crippen LogP contribution is -2.46. The van der Waals surface area contributed by atoms with Crippen molar-refractivity contribution in [2.24, 2.45) is 5.41 Å². The lowest BCUT2D eigenvalue weighted by atomic mass is 9.68. The minimum atomic E-state index is -1.75. The summed E-state index contributed by atoms with van der Waals surface area (Å²) >= 11 is 0. The van der Waals surface area contributed by atoms with Crippen LogP contribution in [0.25, 0.3) is 6.08 Å². The molecule has 0 radical (unpaired) electrons. The Morgan fingerprint density at radius 3 is 2.47 bits per heavy atom. The van der Waals surface area contributed by atoms with Crippen LogP contribution in [-0.2, 0) is 9.53 Å². The first-order valence-electron chi connectivity index (χ1n) is 11.3. The molecule has 5 rings (SSSR count). The second kappa shape index (κ2) is 8.78. The Kier molecular flexibility index (Phi) is 5.61. The van der Waals surface area contributed by atoms with Crippen LogP contribution in [0.2, 0.25) is 0 Å². The average molecular weight is 479 g/mol. The van der Waals surface area contributed by atoms with E-state index < -0.39 is 40.1 Å². The molecule has 178 valence electrons. The van der Waals surface area contributed by atoms with Crippen molar-refractivity contribution >= 4 is 29.2 Å². The average Bonchev–Trinajstić information content (AvgIpc) is 3.24. The number of anilines is 1. The number of nitro benzene ring substituents is 1. The Balaban J connectivity index is 1.80. The quantitative estimate of drug-likeness (QED) is 0.229. The fraction of sp³-hybridized carbons (Fsp3) is 0.179. The van der Waals surface area contributed by atoms with Gasteiger partial charge in [0, 0.05) is 29.3 Å². The van der Waals surface area contributed by atoms with E-state index in [2.05, 4.69) is 6.07 Å². The second-order valence-electron chi connectivity index (χ2n) is 8.75. The molecule has 2 heterocycles. The molecule has 0 N–H and O–H groups in total. The van der Waals surface area contributed by atoms with Gasteiger partial charge in [0.15, 0.2) is 11.2 Å². The van der Waals surface area contributed by atoms with E-state index in [0.29, 0.717) is 11.3 Å². The van der Waals surface area contributed by atoms with Crippen LogP contribution in [0, 0.1) is 26.9 Å². The lowest BCUT2D eigenvalue weighted by Gasteiger charge is -2.36. The van der Waals surface area contributed by atoms with Crippen molar-refractivity contribution < 1.29 is 19.2 Å². The minimum Gasteiger partial charge on any atom is -0.468 e. The van der Waals surface area contributed by atoms with Crippen molar-refractivity contribution in [3.8, 4) is 6.07 Å². The molecule has 0 aromatic heterocycles. The molecule has 0 bridgehead atoms. The molecule has 8 nitrogen and oxygen atoms in total. The highest BCUT2D eigenvalue weighted by Crippen LogP contribution is 2.56. The number of methoxy groups -OCH3 is 1. The zero-order chi connectivity index (χ0) is 25.4. The summed E-state index contributed by atoms with van der Waals surface area (Å²) in [5.41, 5.74) is 0.297. The smallest absolute Gasteiger partial charge is 0.329 e. The van der Waals surface area contributed by atoms with Crippen LogP contribution in [0.3, 0.4) is 0 Å². The lowest BCUT2D eigenvalue weighted by molar-refractivity contribution is -0.384. The summed E-state index contributed by atoms with van der Waals surface area (Å²) in [6.07, 6.45) is 3.60. The van der Waals surface area contributed by atoms with Gasteiger partial charge in [0.1, 0.15) is 6.04 Å². The van der Waals surface area contributed by atoms with Gasteiger partial charge in [-0.05, 0) is 17.2 Å². The summed E-state index contributed by atoms with van der Waals surface area (Å²) in [6.45, 7) is 0. The Morgan fingerprint density at radius 2 is 1.78 bits per heavy atom. The van der Waals surface area contributed by atoms with Crippen molar-refractivity contribution in [3.63, 3.8) is 0 Å². The van der Waals surface area contributed by atoms with E-state index in [1.807, 2.05) is 36.4 Å². The third-order valence-electron chi connectivity index (χ3n) is 7.02. The highest BCUT2D eigenvalue weighted by Gasteiger charge is 2.67. The minimum absolute atomic E-state index is 0.125. The summed E-state index contributed by atoms with van der Waals surface area (Å²) in [4.78, 5) is 40.4. The Labute approximate surface area is 207 Å². The highest BCUT2D eigenvalue weighted by molar-refractivity contribution is 6.06. The van der Waals surface area contributed by atoms with Crippen molar-refractivity contribution in [1.82, 2.24) is 0 Å². The summed E-state index contributed by atoms with van der Waals surface area (Å²) < 4.78 is 5.18. The van der Waals surface area contributed by atoms with Gasteiger partial charge >= 0.3 is 5.97 Å². The molecule has 0 spiro atoms. The molecule has 2 aliphatic rings. The number of hydrogen-bond acceptors (Lipinski definition) is 7. The van der Waals surface area contributed by atoms with E-state index in [0.717, 1.165) is 5.56 Å². The van der Waals surface area contributed by atoms with Gasteiger partial charge in [0.25, 0.3) is 5.69 Å². The molecule has 4 atom stereocenters. The number of carbonyl (C=O) groups is 2. The van der Waals surface area contributed by atoms with E-state index in [4.69, 9.17) is 4.74 Å². The van der Waals surface area contributed by atoms with E-state index in [1.54, 1.807) is 35.2 Å². The Bertz CT molecular complexity index is 1440. The van der Waals surface area contributed by atoms with E-state index >= 15 is 0 Å². The van der Waals surface area contributed by atoms with Crippen LogP contribution in [-0.4, -0.2) is 35.9 Å². The predicted octanol–water partition coefficient (Wildman–Crippen LogP) is 4.53. The van der Waals surface area contributed by atoms with E-state index in [9.17, 15) is 25.0 Å². The largest absolute Gasteiger partial charge is 0.468 e. The van der Waals surface area contributed by atoms with Gasteiger partial charge < -0.3 is 9.64 Å². The van der Waals surface area contributed by atoms with Crippen LogP contribution in [0.4, 0.5) is 11.4 Å². The molecular weight excluding hydrogens is 458 g/mol. The highest BCUT2D eigenvalue weighted by atomic mass is 16.6. The Morgan fingerprint density at radius 1 is 1.06 bits per heavy atom. The molecule has 8 heteroatoms. The first-order chi connectivity index (χ1) is 17.4. The number of Topliss-reactive ketones (excluding diaryl/α,β-unsaturated/α-hetero) is 1. The van der Waals surface area contributed by atoms with E-state index in [1.165, 1.54) is 31.4 Å². The number of hydrogen-bond donors (Lipinski definition) is 0. The fourth-order valence-corrected chi connectivity index (χ4v) is 5.51. The first-order valence-corrected chi connectivity index (χ1v) is 11.3. The monoisotopic (exact) mass is 479 g/mol. The summed E-state index contributed by atoms with van der Waals surface area (Å²) in [7, 11) is 1.23. The molecule has 1 fully saturated rings. The van der Waals surface area contributed by atoms with Crippen LogP contribution >= 0.6 is 0 Å². The number of benzene rings is 3. The third kappa shape index (κ3) is 3.28. The number of esters is 1. The predicted molar refractivity (Wildman–Crippen MR) is 132 cm³/mol. The van der Waals surface area contributed by atoms with Crippen LogP contribution < -0.4 is 4.90 Å².